The molecule has 1 aromatic carbocycles. The Bertz CT molecular complexity index is 796. The minimum absolute atomic E-state index is 0.106. The first-order chi connectivity index (χ1) is 11.4. The second-order valence-corrected chi connectivity index (χ2v) is 7.62. The van der Waals surface area contributed by atoms with Gasteiger partial charge >= 0.3 is 0 Å². The van der Waals surface area contributed by atoms with Crippen molar-refractivity contribution >= 4 is 21.7 Å². The van der Waals surface area contributed by atoms with Crippen LogP contribution in [0.1, 0.15) is 5.56 Å². The highest BCUT2D eigenvalue weighted by molar-refractivity contribution is 7.85. The van der Waals surface area contributed by atoms with Gasteiger partial charge in [-0.25, -0.2) is 4.98 Å². The van der Waals surface area contributed by atoms with Crippen molar-refractivity contribution < 1.29 is 22.1 Å². The molecule has 24 heavy (non-hydrogen) atoms. The van der Waals surface area contributed by atoms with Gasteiger partial charge in [0.2, 0.25) is 5.79 Å². The van der Waals surface area contributed by atoms with E-state index in [9.17, 15) is 8.42 Å². The highest BCUT2D eigenvalue weighted by Gasteiger charge is 2.44. The van der Waals surface area contributed by atoms with Crippen LogP contribution in [0.4, 0.5) is 0 Å². The molecule has 2 aromatic rings. The predicted molar refractivity (Wildman–Crippen MR) is 87.0 cm³/mol. The van der Waals surface area contributed by atoms with Crippen LogP contribution in [0.5, 0.6) is 0 Å². The van der Waals surface area contributed by atoms with Gasteiger partial charge in [-0.05, 0) is 12.1 Å². The molecule has 130 valence electrons. The van der Waals surface area contributed by atoms with Crippen molar-refractivity contribution in [1.82, 2.24) is 9.55 Å². The summed E-state index contributed by atoms with van der Waals surface area (Å²) in [6.45, 7) is 0.449. The molecule has 1 aliphatic heterocycles. The van der Waals surface area contributed by atoms with Gasteiger partial charge in [0.1, 0.15) is 6.10 Å². The second kappa shape index (κ2) is 6.81. The van der Waals surface area contributed by atoms with E-state index in [0.717, 1.165) is 11.8 Å². The summed E-state index contributed by atoms with van der Waals surface area (Å²) >= 11 is 6.09. The lowest BCUT2D eigenvalue weighted by Crippen LogP contribution is -2.34. The summed E-state index contributed by atoms with van der Waals surface area (Å²) in [4.78, 5) is 4.02. The van der Waals surface area contributed by atoms with Crippen molar-refractivity contribution in [2.24, 2.45) is 0 Å². The number of rotatable bonds is 6. The Balaban J connectivity index is 1.84. The first kappa shape index (κ1) is 17.4. The van der Waals surface area contributed by atoms with Gasteiger partial charge in [0.05, 0.1) is 32.3 Å². The molecule has 0 radical (unpaired) electrons. The number of imidazole rings is 1. The van der Waals surface area contributed by atoms with Crippen LogP contribution in [0, 0.1) is 0 Å². The van der Waals surface area contributed by atoms with Gasteiger partial charge in [-0.3, -0.25) is 4.18 Å². The zero-order valence-electron chi connectivity index (χ0n) is 13.0. The number of hydrogen-bond donors (Lipinski definition) is 0. The number of benzene rings is 1. The average molecular weight is 373 g/mol. The predicted octanol–water partition coefficient (Wildman–Crippen LogP) is 1.78. The Hall–Kier alpha value is -1.45. The van der Waals surface area contributed by atoms with E-state index in [1.165, 1.54) is 0 Å². The van der Waals surface area contributed by atoms with E-state index >= 15 is 0 Å². The van der Waals surface area contributed by atoms with Crippen molar-refractivity contribution in [3.8, 4) is 0 Å². The van der Waals surface area contributed by atoms with Crippen LogP contribution in [0.3, 0.4) is 0 Å². The fourth-order valence-electron chi connectivity index (χ4n) is 2.52. The summed E-state index contributed by atoms with van der Waals surface area (Å²) in [5.41, 5.74) is 0.741. The largest absolute Gasteiger partial charge is 0.342 e. The molecular weight excluding hydrogens is 356 g/mol. The first-order valence-corrected chi connectivity index (χ1v) is 9.44. The highest BCUT2D eigenvalue weighted by Crippen LogP contribution is 2.37. The van der Waals surface area contributed by atoms with E-state index in [1.54, 1.807) is 36.9 Å². The summed E-state index contributed by atoms with van der Waals surface area (Å²) < 4.78 is 41.0. The Kier molecular flexibility index (Phi) is 4.93. The van der Waals surface area contributed by atoms with Crippen molar-refractivity contribution in [1.29, 1.82) is 0 Å². The molecule has 0 amide bonds. The van der Waals surface area contributed by atoms with Gasteiger partial charge in [0.15, 0.2) is 0 Å². The van der Waals surface area contributed by atoms with Gasteiger partial charge in [-0.2, -0.15) is 8.42 Å². The maximum absolute atomic E-state index is 11.2. The molecule has 3 rings (SSSR count). The summed E-state index contributed by atoms with van der Waals surface area (Å²) in [5.74, 6) is -1.09. The van der Waals surface area contributed by atoms with E-state index in [-0.39, 0.29) is 13.2 Å². The maximum atomic E-state index is 11.2. The molecule has 7 nitrogen and oxygen atoms in total. The molecule has 2 unspecified atom stereocenters. The molecule has 1 fully saturated rings. The van der Waals surface area contributed by atoms with E-state index in [4.69, 9.17) is 25.3 Å². The molecule has 2 atom stereocenters. The van der Waals surface area contributed by atoms with Crippen LogP contribution in [0.25, 0.3) is 0 Å². The lowest BCUT2D eigenvalue weighted by atomic mass is 10.1. The first-order valence-electron chi connectivity index (χ1n) is 7.24. The van der Waals surface area contributed by atoms with E-state index in [1.807, 2.05) is 10.6 Å². The molecule has 0 bridgehead atoms. The van der Waals surface area contributed by atoms with Crippen LogP contribution in [-0.2, 0) is 36.1 Å². The highest BCUT2D eigenvalue weighted by atomic mass is 35.5. The van der Waals surface area contributed by atoms with Gasteiger partial charge in [-0.15, -0.1) is 0 Å². The lowest BCUT2D eigenvalue weighted by Gasteiger charge is -2.29. The van der Waals surface area contributed by atoms with Crippen LogP contribution >= 0.6 is 11.6 Å². The summed E-state index contributed by atoms with van der Waals surface area (Å²) in [5, 5.41) is 0.556. The molecular formula is C15H17ClN2O5S. The number of halogens is 1. The van der Waals surface area contributed by atoms with Crippen molar-refractivity contribution in [2.75, 3.05) is 19.5 Å². The van der Waals surface area contributed by atoms with Crippen LogP contribution in [0.2, 0.25) is 5.02 Å². The minimum Gasteiger partial charge on any atom is -0.342 e. The van der Waals surface area contributed by atoms with Gasteiger partial charge in [-0.1, -0.05) is 23.7 Å². The van der Waals surface area contributed by atoms with Gasteiger partial charge in [0, 0.05) is 23.0 Å². The summed E-state index contributed by atoms with van der Waals surface area (Å²) in [6, 6.07) is 7.18. The fraction of sp³-hybridized carbons (Fsp3) is 0.400. The van der Waals surface area contributed by atoms with Gasteiger partial charge < -0.3 is 14.0 Å². The Morgan fingerprint density at radius 1 is 1.50 bits per heavy atom. The molecule has 1 saturated heterocycles. The number of ether oxygens (including phenoxy) is 2. The van der Waals surface area contributed by atoms with E-state index in [2.05, 4.69) is 4.98 Å². The third-order valence-corrected chi connectivity index (χ3v) is 4.34. The molecule has 1 aromatic heterocycles. The third kappa shape index (κ3) is 4.14. The van der Waals surface area contributed by atoms with E-state index in [0.29, 0.717) is 11.6 Å². The number of hydrogen-bond acceptors (Lipinski definition) is 6. The van der Waals surface area contributed by atoms with Crippen molar-refractivity contribution in [3.05, 3.63) is 53.6 Å². The molecule has 2 heterocycles. The zero-order valence-corrected chi connectivity index (χ0v) is 14.5. The number of nitrogens with zero attached hydrogens (tertiary/aromatic N) is 2. The van der Waals surface area contributed by atoms with Crippen molar-refractivity contribution in [3.63, 3.8) is 0 Å². The molecule has 0 spiro atoms. The Labute approximate surface area is 145 Å². The quantitative estimate of drug-likeness (QED) is 0.719. The Morgan fingerprint density at radius 2 is 2.33 bits per heavy atom. The fourth-order valence-corrected chi connectivity index (χ4v) is 3.11. The number of aromatic nitrogens is 2. The Morgan fingerprint density at radius 3 is 3.00 bits per heavy atom. The van der Waals surface area contributed by atoms with Crippen LogP contribution in [0.15, 0.2) is 43.0 Å². The van der Waals surface area contributed by atoms with Crippen molar-refractivity contribution in [2.45, 2.75) is 18.4 Å². The molecule has 0 saturated carbocycles. The smallest absolute Gasteiger partial charge is 0.264 e. The topological polar surface area (TPSA) is 79.7 Å². The molecule has 1 aliphatic rings. The second-order valence-electron chi connectivity index (χ2n) is 5.54. The maximum Gasteiger partial charge on any atom is 0.264 e. The SMILES string of the molecule is CS(=O)(=O)OCC1COC(Cn2ccnc2)(c2cccc(Cl)c2)O1. The summed E-state index contributed by atoms with van der Waals surface area (Å²) in [7, 11) is -3.54. The van der Waals surface area contributed by atoms with Crippen LogP contribution in [-0.4, -0.2) is 43.5 Å². The standard InChI is InChI=1S/C15H17ClN2O5S/c1-24(19,20)22-9-14-8-21-15(23-14,10-18-6-5-17-11-18)12-3-2-4-13(16)7-12/h2-7,11,14H,8-10H2,1H3. The van der Waals surface area contributed by atoms with E-state index < -0.39 is 22.0 Å². The molecule has 0 aliphatic carbocycles. The molecule has 9 heteroatoms. The summed E-state index contributed by atoms with van der Waals surface area (Å²) in [6.07, 6.45) is 5.59. The van der Waals surface area contributed by atoms with Gasteiger partial charge in [0.25, 0.3) is 10.1 Å². The molecule has 0 N–H and O–H groups in total. The minimum atomic E-state index is -3.54. The lowest BCUT2D eigenvalue weighted by molar-refractivity contribution is -0.189. The third-order valence-electron chi connectivity index (χ3n) is 3.54. The zero-order chi connectivity index (χ0) is 17.2. The normalized spacial score (nSPS) is 24.3. The average Bonchev–Trinajstić information content (AvgIpc) is 3.15. The van der Waals surface area contributed by atoms with Crippen LogP contribution < -0.4 is 0 Å². The monoisotopic (exact) mass is 372 g/mol.